The van der Waals surface area contributed by atoms with Crippen molar-refractivity contribution >= 4 is 24.0 Å². The Kier molecular flexibility index (Phi) is 10.8. The molecule has 0 aromatic heterocycles. The molecular formula is C31H33NO7. The molecule has 0 heterocycles. The topological polar surface area (TPSA) is 108 Å². The standard InChI is InChI=1S/C31H33NO7/c1-21(2)18-23-14-16-25(17-15-23)22(3)28(33)37-20-27(30(35)39-29(34)26-12-8-5-9-13-26)32-31(36)38-19-24-10-6-4-7-11-24/h4-17,21-22,27H,18-20H2,1-3H3,(H,32,36)/t22?,27-/m0/s1. The lowest BCUT2D eigenvalue weighted by molar-refractivity contribution is -0.149. The second-order valence-corrected chi connectivity index (χ2v) is 9.52. The van der Waals surface area contributed by atoms with E-state index in [1.165, 1.54) is 17.7 Å². The predicted octanol–water partition coefficient (Wildman–Crippen LogP) is 5.21. The highest BCUT2D eigenvalue weighted by Crippen LogP contribution is 2.19. The van der Waals surface area contributed by atoms with Crippen molar-refractivity contribution in [2.45, 2.75) is 45.8 Å². The largest absolute Gasteiger partial charge is 0.462 e. The maximum atomic E-state index is 12.8. The first-order chi connectivity index (χ1) is 18.7. The van der Waals surface area contributed by atoms with Gasteiger partial charge in [0.05, 0.1) is 11.5 Å². The molecule has 39 heavy (non-hydrogen) atoms. The zero-order chi connectivity index (χ0) is 28.2. The highest BCUT2D eigenvalue weighted by Gasteiger charge is 2.29. The summed E-state index contributed by atoms with van der Waals surface area (Å²) >= 11 is 0. The van der Waals surface area contributed by atoms with E-state index < -0.39 is 42.6 Å². The third kappa shape index (κ3) is 9.41. The van der Waals surface area contributed by atoms with E-state index in [2.05, 4.69) is 19.2 Å². The molecule has 0 aliphatic heterocycles. The minimum absolute atomic E-state index is 0.0407. The van der Waals surface area contributed by atoms with Gasteiger partial charge in [0.2, 0.25) is 0 Å². The number of carbonyl (C=O) groups excluding carboxylic acids is 4. The maximum absolute atomic E-state index is 12.8. The average Bonchev–Trinajstić information content (AvgIpc) is 2.94. The Labute approximate surface area is 228 Å². The normalized spacial score (nSPS) is 12.2. The van der Waals surface area contributed by atoms with Crippen molar-refractivity contribution in [1.29, 1.82) is 0 Å². The van der Waals surface area contributed by atoms with Crippen LogP contribution in [-0.2, 0) is 36.8 Å². The van der Waals surface area contributed by atoms with Crippen LogP contribution in [0, 0.1) is 5.92 Å². The number of hydrogen-bond acceptors (Lipinski definition) is 7. The number of carbonyl (C=O) groups is 4. The lowest BCUT2D eigenvalue weighted by Crippen LogP contribution is -2.46. The van der Waals surface area contributed by atoms with Gasteiger partial charge in [-0.25, -0.2) is 14.4 Å². The molecule has 0 fully saturated rings. The van der Waals surface area contributed by atoms with Gasteiger partial charge in [0.1, 0.15) is 13.2 Å². The van der Waals surface area contributed by atoms with Gasteiger partial charge in [0, 0.05) is 0 Å². The molecule has 1 unspecified atom stereocenters. The number of amides is 1. The van der Waals surface area contributed by atoms with Crippen LogP contribution in [0.5, 0.6) is 0 Å². The van der Waals surface area contributed by atoms with Crippen LogP contribution in [0.25, 0.3) is 0 Å². The predicted molar refractivity (Wildman–Crippen MR) is 145 cm³/mol. The van der Waals surface area contributed by atoms with Gasteiger partial charge in [-0.2, -0.15) is 0 Å². The Hall–Kier alpha value is -4.46. The summed E-state index contributed by atoms with van der Waals surface area (Å²) in [7, 11) is 0. The Morgan fingerprint density at radius 1 is 0.718 bits per heavy atom. The highest BCUT2D eigenvalue weighted by molar-refractivity contribution is 5.98. The Balaban J connectivity index is 1.63. The number of benzene rings is 3. The third-order valence-electron chi connectivity index (χ3n) is 5.86. The lowest BCUT2D eigenvalue weighted by Gasteiger charge is -2.19. The molecule has 8 heteroatoms. The third-order valence-corrected chi connectivity index (χ3v) is 5.86. The molecule has 0 saturated heterocycles. The van der Waals surface area contributed by atoms with E-state index in [1.807, 2.05) is 30.3 Å². The molecule has 3 aromatic rings. The molecule has 3 rings (SSSR count). The molecule has 1 N–H and O–H groups in total. The van der Waals surface area contributed by atoms with Gasteiger partial charge in [-0.1, -0.05) is 86.6 Å². The van der Waals surface area contributed by atoms with Crippen LogP contribution in [-0.4, -0.2) is 36.6 Å². The van der Waals surface area contributed by atoms with Gasteiger partial charge in [-0.15, -0.1) is 0 Å². The molecule has 0 saturated carbocycles. The summed E-state index contributed by atoms with van der Waals surface area (Å²) in [6, 6.07) is 23.1. The van der Waals surface area contributed by atoms with Crippen LogP contribution in [0.4, 0.5) is 4.79 Å². The van der Waals surface area contributed by atoms with Gasteiger partial charge in [0.15, 0.2) is 6.04 Å². The molecule has 0 aliphatic carbocycles. The SMILES string of the molecule is CC(C)Cc1ccc(C(C)C(=O)OC[C@H](NC(=O)OCc2ccccc2)C(=O)OC(=O)c2ccccc2)cc1. The molecule has 204 valence electrons. The number of esters is 3. The van der Waals surface area contributed by atoms with Crippen molar-refractivity contribution < 1.29 is 33.4 Å². The lowest BCUT2D eigenvalue weighted by atomic mass is 9.97. The van der Waals surface area contributed by atoms with E-state index in [0.717, 1.165) is 17.5 Å². The van der Waals surface area contributed by atoms with E-state index in [1.54, 1.807) is 49.4 Å². The summed E-state index contributed by atoms with van der Waals surface area (Å²) in [5.74, 6) is -2.69. The van der Waals surface area contributed by atoms with Crippen LogP contribution in [0.15, 0.2) is 84.9 Å². The summed E-state index contributed by atoms with van der Waals surface area (Å²) in [4.78, 5) is 50.4. The van der Waals surface area contributed by atoms with Crippen molar-refractivity contribution in [2.75, 3.05) is 6.61 Å². The van der Waals surface area contributed by atoms with Gasteiger partial charge in [0.25, 0.3) is 0 Å². The number of nitrogens with one attached hydrogen (secondary N) is 1. The zero-order valence-electron chi connectivity index (χ0n) is 22.3. The van der Waals surface area contributed by atoms with Crippen molar-refractivity contribution in [3.05, 3.63) is 107 Å². The van der Waals surface area contributed by atoms with Gasteiger partial charge >= 0.3 is 24.0 Å². The van der Waals surface area contributed by atoms with Crippen LogP contribution < -0.4 is 5.32 Å². The van der Waals surface area contributed by atoms with E-state index in [-0.39, 0.29) is 12.2 Å². The Morgan fingerprint density at radius 3 is 1.95 bits per heavy atom. The first-order valence-electron chi connectivity index (χ1n) is 12.8. The molecule has 1 amide bonds. The smallest absolute Gasteiger partial charge is 0.408 e. The summed E-state index contributed by atoms with van der Waals surface area (Å²) in [5.41, 5.74) is 2.81. The summed E-state index contributed by atoms with van der Waals surface area (Å²) in [6.07, 6.45) is -0.00537. The van der Waals surface area contributed by atoms with Gasteiger partial charge in [-0.3, -0.25) is 4.79 Å². The quantitative estimate of drug-likeness (QED) is 0.206. The van der Waals surface area contributed by atoms with Crippen molar-refractivity contribution in [3.63, 3.8) is 0 Å². The van der Waals surface area contributed by atoms with Crippen LogP contribution in [0.2, 0.25) is 0 Å². The first kappa shape index (κ1) is 29.1. The first-order valence-corrected chi connectivity index (χ1v) is 12.8. The van der Waals surface area contributed by atoms with E-state index in [4.69, 9.17) is 14.2 Å². The maximum Gasteiger partial charge on any atom is 0.408 e. The van der Waals surface area contributed by atoms with Gasteiger partial charge in [-0.05, 0) is 48.1 Å². The summed E-state index contributed by atoms with van der Waals surface area (Å²) < 4.78 is 15.5. The van der Waals surface area contributed by atoms with Crippen molar-refractivity contribution in [2.24, 2.45) is 5.92 Å². The number of rotatable bonds is 11. The second kappa shape index (κ2) is 14.5. The number of hydrogen-bond donors (Lipinski definition) is 1. The molecule has 0 bridgehead atoms. The van der Waals surface area contributed by atoms with E-state index in [0.29, 0.717) is 5.92 Å². The molecule has 0 spiro atoms. The number of ether oxygens (including phenoxy) is 3. The Bertz CT molecular complexity index is 1240. The van der Waals surface area contributed by atoms with E-state index >= 15 is 0 Å². The molecule has 0 radical (unpaired) electrons. The molecule has 0 aliphatic rings. The Morgan fingerprint density at radius 2 is 1.33 bits per heavy atom. The summed E-state index contributed by atoms with van der Waals surface area (Å²) in [6.45, 7) is 5.37. The fourth-order valence-electron chi connectivity index (χ4n) is 3.71. The second-order valence-electron chi connectivity index (χ2n) is 9.52. The average molecular weight is 532 g/mol. The van der Waals surface area contributed by atoms with Crippen LogP contribution in [0.3, 0.4) is 0 Å². The fourth-order valence-corrected chi connectivity index (χ4v) is 3.71. The van der Waals surface area contributed by atoms with Crippen molar-refractivity contribution in [3.8, 4) is 0 Å². The van der Waals surface area contributed by atoms with Gasteiger partial charge < -0.3 is 19.5 Å². The fraction of sp³-hybridized carbons (Fsp3) is 0.290. The molecule has 2 atom stereocenters. The van der Waals surface area contributed by atoms with Crippen molar-refractivity contribution in [1.82, 2.24) is 5.32 Å². The zero-order valence-corrected chi connectivity index (χ0v) is 22.3. The van der Waals surface area contributed by atoms with E-state index in [9.17, 15) is 19.2 Å². The van der Waals surface area contributed by atoms with Crippen LogP contribution >= 0.6 is 0 Å². The monoisotopic (exact) mass is 531 g/mol. The molecule has 8 nitrogen and oxygen atoms in total. The van der Waals surface area contributed by atoms with Crippen LogP contribution in [0.1, 0.15) is 53.7 Å². The number of alkyl carbamates (subject to hydrolysis) is 1. The minimum Gasteiger partial charge on any atom is -0.462 e. The minimum atomic E-state index is -1.47. The highest BCUT2D eigenvalue weighted by atomic mass is 16.6. The summed E-state index contributed by atoms with van der Waals surface area (Å²) in [5, 5.41) is 2.34. The molecular weight excluding hydrogens is 498 g/mol. The molecule has 3 aromatic carbocycles.